The van der Waals surface area contributed by atoms with Gasteiger partial charge in [0.1, 0.15) is 6.61 Å². The first kappa shape index (κ1) is 66.4. The van der Waals surface area contributed by atoms with Crippen molar-refractivity contribution in [3.8, 4) is 0 Å². The van der Waals surface area contributed by atoms with Crippen LogP contribution in [0.4, 0.5) is 0 Å². The van der Waals surface area contributed by atoms with Crippen LogP contribution in [0, 0.1) is 0 Å². The standard InChI is InChI=1S/C63H120O5/c1-4-7-10-13-16-19-22-25-28-30-31-32-34-37-40-43-46-49-52-55-58-66-59-61(68-63(65)57-54-51-48-45-42-39-35-27-24-21-18-15-12-9-6-3)60-67-62(64)56-53-50-47-44-41-38-36-33-29-26-23-20-17-14-11-8-5-2/h25-26,28-29,61H,4-24,27,30-60H2,1-3H3/b28-25-,29-26-. The second-order valence-electron chi connectivity index (χ2n) is 21.0. The molecule has 5 heteroatoms. The Kier molecular flexibility index (Phi) is 58.3. The number of allylic oxidation sites excluding steroid dienone is 4. The molecule has 0 spiro atoms. The third kappa shape index (κ3) is 57.0. The predicted molar refractivity (Wildman–Crippen MR) is 298 cm³/mol. The van der Waals surface area contributed by atoms with Crippen LogP contribution in [0.3, 0.4) is 0 Å². The summed E-state index contributed by atoms with van der Waals surface area (Å²) in [5, 5.41) is 0. The maximum absolute atomic E-state index is 12.9. The summed E-state index contributed by atoms with van der Waals surface area (Å²) < 4.78 is 17.5. The lowest BCUT2D eigenvalue weighted by molar-refractivity contribution is -0.163. The fourth-order valence-corrected chi connectivity index (χ4v) is 9.33. The van der Waals surface area contributed by atoms with Crippen LogP contribution in [0.25, 0.3) is 0 Å². The van der Waals surface area contributed by atoms with E-state index in [-0.39, 0.29) is 18.5 Å². The molecule has 0 heterocycles. The van der Waals surface area contributed by atoms with Gasteiger partial charge in [-0.15, -0.1) is 0 Å². The summed E-state index contributed by atoms with van der Waals surface area (Å²) in [4.78, 5) is 25.6. The van der Waals surface area contributed by atoms with Crippen molar-refractivity contribution in [2.24, 2.45) is 0 Å². The van der Waals surface area contributed by atoms with Gasteiger partial charge in [0.2, 0.25) is 0 Å². The van der Waals surface area contributed by atoms with Crippen molar-refractivity contribution in [3.05, 3.63) is 24.3 Å². The summed E-state index contributed by atoms with van der Waals surface area (Å²) in [6.45, 7) is 7.89. The smallest absolute Gasteiger partial charge is 0.306 e. The van der Waals surface area contributed by atoms with Crippen molar-refractivity contribution in [1.29, 1.82) is 0 Å². The average molecular weight is 958 g/mol. The third-order valence-electron chi connectivity index (χ3n) is 14.0. The number of esters is 2. The molecule has 0 aromatic rings. The van der Waals surface area contributed by atoms with Gasteiger partial charge in [-0.25, -0.2) is 0 Å². The second-order valence-corrected chi connectivity index (χ2v) is 21.0. The van der Waals surface area contributed by atoms with Crippen LogP contribution in [-0.4, -0.2) is 37.9 Å². The highest BCUT2D eigenvalue weighted by Crippen LogP contribution is 2.17. The molecule has 0 bridgehead atoms. The van der Waals surface area contributed by atoms with E-state index in [0.29, 0.717) is 26.1 Å². The molecule has 0 amide bonds. The van der Waals surface area contributed by atoms with Gasteiger partial charge in [-0.3, -0.25) is 9.59 Å². The summed E-state index contributed by atoms with van der Waals surface area (Å²) >= 11 is 0. The summed E-state index contributed by atoms with van der Waals surface area (Å²) in [5.74, 6) is -0.378. The maximum Gasteiger partial charge on any atom is 0.306 e. The predicted octanol–water partition coefficient (Wildman–Crippen LogP) is 21.1. The van der Waals surface area contributed by atoms with E-state index >= 15 is 0 Å². The van der Waals surface area contributed by atoms with E-state index in [4.69, 9.17) is 14.2 Å². The van der Waals surface area contributed by atoms with E-state index in [9.17, 15) is 9.59 Å². The maximum atomic E-state index is 12.9. The average Bonchev–Trinajstić information content (AvgIpc) is 3.34. The fraction of sp³-hybridized carbons (Fsp3) is 0.905. The molecule has 0 fully saturated rings. The van der Waals surface area contributed by atoms with Gasteiger partial charge in [-0.05, 0) is 70.6 Å². The van der Waals surface area contributed by atoms with Crippen LogP contribution < -0.4 is 0 Å². The van der Waals surface area contributed by atoms with E-state index in [1.807, 2.05) is 0 Å². The van der Waals surface area contributed by atoms with Gasteiger partial charge in [0, 0.05) is 19.4 Å². The molecule has 0 aromatic heterocycles. The Morgan fingerprint density at radius 1 is 0.309 bits per heavy atom. The van der Waals surface area contributed by atoms with Crippen molar-refractivity contribution in [3.63, 3.8) is 0 Å². The molecule has 5 nitrogen and oxygen atoms in total. The molecule has 0 saturated heterocycles. The molecule has 0 aliphatic carbocycles. The Morgan fingerprint density at radius 3 is 0.897 bits per heavy atom. The molecule has 1 atom stereocenters. The lowest BCUT2D eigenvalue weighted by Gasteiger charge is -2.18. The number of hydrogen-bond acceptors (Lipinski definition) is 5. The zero-order valence-corrected chi connectivity index (χ0v) is 46.4. The first-order chi connectivity index (χ1) is 33.6. The highest BCUT2D eigenvalue weighted by molar-refractivity contribution is 5.70. The largest absolute Gasteiger partial charge is 0.462 e. The van der Waals surface area contributed by atoms with Crippen molar-refractivity contribution < 1.29 is 23.8 Å². The number of hydrogen-bond donors (Lipinski definition) is 0. The fourth-order valence-electron chi connectivity index (χ4n) is 9.33. The first-order valence-corrected chi connectivity index (χ1v) is 30.9. The Labute approximate surface area is 426 Å². The van der Waals surface area contributed by atoms with Gasteiger partial charge >= 0.3 is 11.9 Å². The molecule has 0 aliphatic heterocycles. The van der Waals surface area contributed by atoms with Crippen molar-refractivity contribution in [1.82, 2.24) is 0 Å². The van der Waals surface area contributed by atoms with E-state index in [2.05, 4.69) is 45.1 Å². The van der Waals surface area contributed by atoms with E-state index in [0.717, 1.165) is 32.1 Å². The number of carbonyl (C=O) groups is 2. The summed E-state index contributed by atoms with van der Waals surface area (Å²) in [6, 6.07) is 0. The molecular formula is C63H120O5. The normalized spacial score (nSPS) is 12.2. The minimum atomic E-state index is -0.533. The molecule has 402 valence electrons. The molecule has 0 saturated carbocycles. The lowest BCUT2D eigenvalue weighted by Crippen LogP contribution is -2.30. The van der Waals surface area contributed by atoms with Crippen LogP contribution >= 0.6 is 0 Å². The minimum Gasteiger partial charge on any atom is -0.462 e. The number of ether oxygens (including phenoxy) is 3. The van der Waals surface area contributed by atoms with E-state index < -0.39 is 6.10 Å². The SMILES string of the molecule is CCCCCCCC/C=C\CCCCCCCCCCCCOCC(COC(=O)CCCCCCCCC/C=C\CCCCCCCC)OC(=O)CCCCCCCCCCCCCCCCC. The number of rotatable bonds is 58. The van der Waals surface area contributed by atoms with Crippen LogP contribution in [0.5, 0.6) is 0 Å². The van der Waals surface area contributed by atoms with Gasteiger partial charge in [-0.1, -0.05) is 283 Å². The van der Waals surface area contributed by atoms with E-state index in [1.54, 1.807) is 0 Å². The van der Waals surface area contributed by atoms with Crippen LogP contribution in [0.1, 0.15) is 342 Å². The molecule has 0 rings (SSSR count). The highest BCUT2D eigenvalue weighted by Gasteiger charge is 2.18. The van der Waals surface area contributed by atoms with Crippen LogP contribution in [0.2, 0.25) is 0 Å². The highest BCUT2D eigenvalue weighted by atomic mass is 16.6. The van der Waals surface area contributed by atoms with Crippen molar-refractivity contribution >= 4 is 11.9 Å². The van der Waals surface area contributed by atoms with Gasteiger partial charge < -0.3 is 14.2 Å². The minimum absolute atomic E-state index is 0.0901. The Balaban J connectivity index is 4.21. The quantitative estimate of drug-likeness (QED) is 0.0345. The Morgan fingerprint density at radius 2 is 0.574 bits per heavy atom. The Bertz CT molecular complexity index is 1040. The summed E-state index contributed by atoms with van der Waals surface area (Å²) in [7, 11) is 0. The number of carbonyl (C=O) groups excluding carboxylic acids is 2. The van der Waals surface area contributed by atoms with Crippen molar-refractivity contribution in [2.75, 3.05) is 19.8 Å². The molecule has 1 unspecified atom stereocenters. The third-order valence-corrected chi connectivity index (χ3v) is 14.0. The van der Waals surface area contributed by atoms with Gasteiger partial charge in [0.15, 0.2) is 6.10 Å². The zero-order chi connectivity index (χ0) is 49.2. The summed E-state index contributed by atoms with van der Waals surface area (Å²) in [6.07, 6.45) is 72.1. The van der Waals surface area contributed by atoms with Gasteiger partial charge in [0.05, 0.1) is 6.61 Å². The molecular weight excluding hydrogens is 837 g/mol. The van der Waals surface area contributed by atoms with E-state index in [1.165, 1.54) is 276 Å². The molecule has 0 radical (unpaired) electrons. The number of unbranched alkanes of at least 4 members (excludes halogenated alkanes) is 43. The lowest BCUT2D eigenvalue weighted by atomic mass is 10.0. The van der Waals surface area contributed by atoms with Crippen LogP contribution in [-0.2, 0) is 23.8 Å². The second kappa shape index (κ2) is 59.7. The van der Waals surface area contributed by atoms with Crippen LogP contribution in [0.15, 0.2) is 24.3 Å². The monoisotopic (exact) mass is 957 g/mol. The topological polar surface area (TPSA) is 61.8 Å². The van der Waals surface area contributed by atoms with Gasteiger partial charge in [-0.2, -0.15) is 0 Å². The summed E-state index contributed by atoms with van der Waals surface area (Å²) in [5.41, 5.74) is 0. The first-order valence-electron chi connectivity index (χ1n) is 30.9. The molecule has 0 aromatic carbocycles. The molecule has 0 aliphatic rings. The molecule has 68 heavy (non-hydrogen) atoms. The van der Waals surface area contributed by atoms with Gasteiger partial charge in [0.25, 0.3) is 0 Å². The van der Waals surface area contributed by atoms with Crippen molar-refractivity contribution in [2.45, 2.75) is 348 Å². The molecule has 0 N–H and O–H groups in total. The zero-order valence-electron chi connectivity index (χ0n) is 46.4. The Hall–Kier alpha value is -1.62.